The summed E-state index contributed by atoms with van der Waals surface area (Å²) in [6, 6.07) is 18.7. The number of carbonyl (C=O) groups is 2. The number of aliphatic hydroxyl groups is 1. The highest BCUT2D eigenvalue weighted by Crippen LogP contribution is 2.23. The van der Waals surface area contributed by atoms with E-state index in [1.54, 1.807) is 12.1 Å². The summed E-state index contributed by atoms with van der Waals surface area (Å²) in [7, 11) is -3.85. The van der Waals surface area contributed by atoms with Crippen LogP contribution in [0.4, 0.5) is 5.69 Å². The van der Waals surface area contributed by atoms with Crippen molar-refractivity contribution < 1.29 is 27.9 Å². The summed E-state index contributed by atoms with van der Waals surface area (Å²) in [4.78, 5) is 26.4. The molecule has 10 nitrogen and oxygen atoms in total. The highest BCUT2D eigenvalue weighted by atomic mass is 32.2. The largest absolute Gasteiger partial charge is 0.399 e. The fraction of sp³-hybridized carbons (Fsp3) is 0.471. The van der Waals surface area contributed by atoms with Gasteiger partial charge in [0.1, 0.15) is 6.04 Å². The number of aliphatic hydroxyl groups excluding tert-OH is 1. The smallest absolute Gasteiger partial charge is 0.243 e. The summed E-state index contributed by atoms with van der Waals surface area (Å²) in [6.07, 6.45) is 2.55. The molecule has 3 aromatic carbocycles. The minimum Gasteiger partial charge on any atom is -0.399 e. The van der Waals surface area contributed by atoms with Gasteiger partial charge in [0, 0.05) is 37.8 Å². The van der Waals surface area contributed by atoms with Crippen LogP contribution in [0.5, 0.6) is 0 Å². The lowest BCUT2D eigenvalue weighted by Gasteiger charge is -2.31. The standard InChI is InChI=1S/C34H46N4O6S/c1-24(2)21-38(45(42,43)31-14-12-29(35)13-15-31)30(22-39)9-5-6-17-36-34(41)32(37-33(40)28-16-18-44-23-28)20-25-10-11-26-7-3-4-8-27(26)19-25/h3-4,7-8,10-15,19,24,28,30,32,39H,5-6,9,16-18,20-23,35H2,1-2H3,(H,36,41)(H,37,40)/t28?,30-,32-/m0/s1. The molecule has 3 aromatic rings. The second-order valence-corrected chi connectivity index (χ2v) is 14.1. The van der Waals surface area contributed by atoms with Crippen molar-refractivity contribution in [2.45, 2.75) is 62.9 Å². The summed E-state index contributed by atoms with van der Waals surface area (Å²) < 4.78 is 33.8. The van der Waals surface area contributed by atoms with Crippen LogP contribution in [0.15, 0.2) is 71.6 Å². The molecule has 0 aromatic heterocycles. The van der Waals surface area contributed by atoms with E-state index in [-0.39, 0.29) is 41.7 Å². The Labute approximate surface area is 266 Å². The number of rotatable bonds is 16. The average Bonchev–Trinajstić information content (AvgIpc) is 3.57. The fourth-order valence-corrected chi connectivity index (χ4v) is 7.40. The van der Waals surface area contributed by atoms with Gasteiger partial charge in [-0.3, -0.25) is 9.59 Å². The Morgan fingerprint density at radius 3 is 2.44 bits per heavy atom. The number of benzene rings is 3. The lowest BCUT2D eigenvalue weighted by Crippen LogP contribution is -2.50. The molecule has 1 unspecified atom stereocenters. The summed E-state index contributed by atoms with van der Waals surface area (Å²) in [5, 5.41) is 18.3. The first-order valence-corrected chi connectivity index (χ1v) is 17.1. The van der Waals surface area contributed by atoms with Crippen molar-refractivity contribution in [2.75, 3.05) is 38.6 Å². The summed E-state index contributed by atoms with van der Waals surface area (Å²) >= 11 is 0. The molecular weight excluding hydrogens is 592 g/mol. The van der Waals surface area contributed by atoms with Crippen LogP contribution in [0, 0.1) is 11.8 Å². The van der Waals surface area contributed by atoms with Gasteiger partial charge in [0.2, 0.25) is 21.8 Å². The first-order valence-electron chi connectivity index (χ1n) is 15.7. The zero-order valence-electron chi connectivity index (χ0n) is 26.2. The van der Waals surface area contributed by atoms with Crippen LogP contribution in [-0.2, 0) is 30.8 Å². The molecule has 1 saturated heterocycles. The first kappa shape index (κ1) is 34.4. The van der Waals surface area contributed by atoms with Crippen LogP contribution in [0.3, 0.4) is 0 Å². The number of carbonyl (C=O) groups excluding carboxylic acids is 2. The minimum absolute atomic E-state index is 0.0486. The molecular formula is C34H46N4O6S. The molecule has 0 bridgehead atoms. The number of nitrogens with zero attached hydrogens (tertiary/aromatic N) is 1. The lowest BCUT2D eigenvalue weighted by atomic mass is 10.00. The quantitative estimate of drug-likeness (QED) is 0.139. The Morgan fingerprint density at radius 1 is 1.04 bits per heavy atom. The van der Waals surface area contributed by atoms with Crippen molar-refractivity contribution in [1.82, 2.24) is 14.9 Å². The number of sulfonamides is 1. The molecule has 2 amide bonds. The van der Waals surface area contributed by atoms with Crippen molar-refractivity contribution in [2.24, 2.45) is 11.8 Å². The number of nitrogens with one attached hydrogen (secondary N) is 2. The second kappa shape index (κ2) is 16.2. The SMILES string of the molecule is CC(C)CN([C@H](CO)CCCCNC(=O)[C@H](Cc1ccc2ccccc2c1)NC(=O)C1CCOC1)S(=O)(=O)c1ccc(N)cc1. The molecule has 4 rings (SSSR count). The molecule has 1 aliphatic rings. The number of unbranched alkanes of at least 4 members (excludes halogenated alkanes) is 1. The Hall–Kier alpha value is -3.51. The molecule has 0 radical (unpaired) electrons. The van der Waals surface area contributed by atoms with Crippen molar-refractivity contribution in [1.29, 1.82) is 0 Å². The van der Waals surface area contributed by atoms with Gasteiger partial charge in [0.05, 0.1) is 24.0 Å². The van der Waals surface area contributed by atoms with Gasteiger partial charge in [-0.25, -0.2) is 8.42 Å². The van der Waals surface area contributed by atoms with Gasteiger partial charge < -0.3 is 26.2 Å². The molecule has 5 N–H and O–H groups in total. The highest BCUT2D eigenvalue weighted by molar-refractivity contribution is 7.89. The van der Waals surface area contributed by atoms with Gasteiger partial charge in [0.25, 0.3) is 0 Å². The molecule has 0 spiro atoms. The van der Waals surface area contributed by atoms with Crippen LogP contribution < -0.4 is 16.4 Å². The van der Waals surface area contributed by atoms with Gasteiger partial charge >= 0.3 is 0 Å². The van der Waals surface area contributed by atoms with Crippen LogP contribution in [0.1, 0.15) is 45.1 Å². The van der Waals surface area contributed by atoms with Gasteiger partial charge in [-0.1, -0.05) is 62.7 Å². The van der Waals surface area contributed by atoms with E-state index in [1.807, 2.05) is 56.3 Å². The summed E-state index contributed by atoms with van der Waals surface area (Å²) in [5.74, 6) is -0.689. The predicted octanol–water partition coefficient (Wildman–Crippen LogP) is 3.48. The third kappa shape index (κ3) is 9.49. The topological polar surface area (TPSA) is 151 Å². The third-order valence-corrected chi connectivity index (χ3v) is 10.0. The number of ether oxygens (including phenoxy) is 1. The Bertz CT molecular complexity index is 1520. The van der Waals surface area contributed by atoms with Crippen LogP contribution in [-0.4, -0.2) is 74.6 Å². The van der Waals surface area contributed by atoms with E-state index in [9.17, 15) is 23.1 Å². The number of nitrogen functional groups attached to an aromatic ring is 1. The zero-order chi connectivity index (χ0) is 32.4. The van der Waals surface area contributed by atoms with Crippen molar-refractivity contribution in [3.8, 4) is 0 Å². The molecule has 0 aliphatic carbocycles. The molecule has 1 fully saturated rings. The predicted molar refractivity (Wildman–Crippen MR) is 176 cm³/mol. The molecule has 11 heteroatoms. The average molecular weight is 639 g/mol. The molecule has 45 heavy (non-hydrogen) atoms. The van der Waals surface area contributed by atoms with Crippen LogP contribution >= 0.6 is 0 Å². The van der Waals surface area contributed by atoms with E-state index in [4.69, 9.17) is 10.5 Å². The number of hydrogen-bond donors (Lipinski definition) is 4. The Morgan fingerprint density at radius 2 is 1.78 bits per heavy atom. The normalized spacial score (nSPS) is 16.6. The van der Waals surface area contributed by atoms with Crippen LogP contribution in [0.25, 0.3) is 10.8 Å². The van der Waals surface area contributed by atoms with E-state index < -0.39 is 22.1 Å². The van der Waals surface area contributed by atoms with Crippen molar-refractivity contribution >= 4 is 38.3 Å². The van der Waals surface area contributed by atoms with Gasteiger partial charge in [-0.2, -0.15) is 4.31 Å². The van der Waals surface area contributed by atoms with E-state index in [0.29, 0.717) is 57.6 Å². The minimum atomic E-state index is -3.85. The number of nitrogens with two attached hydrogens (primary N) is 1. The number of fused-ring (bicyclic) bond motifs is 1. The third-order valence-electron chi connectivity index (χ3n) is 8.10. The van der Waals surface area contributed by atoms with E-state index >= 15 is 0 Å². The molecule has 1 aliphatic heterocycles. The summed E-state index contributed by atoms with van der Waals surface area (Å²) in [5.41, 5.74) is 7.16. The Kier molecular flexibility index (Phi) is 12.3. The van der Waals surface area contributed by atoms with E-state index in [2.05, 4.69) is 10.6 Å². The molecule has 0 saturated carbocycles. The Balaban J connectivity index is 1.36. The van der Waals surface area contributed by atoms with E-state index in [0.717, 1.165) is 16.3 Å². The second-order valence-electron chi connectivity index (χ2n) is 12.2. The highest BCUT2D eigenvalue weighted by Gasteiger charge is 2.32. The first-order chi connectivity index (χ1) is 21.6. The molecule has 1 heterocycles. The maximum absolute atomic E-state index is 13.5. The van der Waals surface area contributed by atoms with Crippen molar-refractivity contribution in [3.05, 3.63) is 72.3 Å². The maximum atomic E-state index is 13.5. The number of hydrogen-bond acceptors (Lipinski definition) is 7. The van der Waals surface area contributed by atoms with Gasteiger partial charge in [-0.05, 0) is 65.8 Å². The monoisotopic (exact) mass is 638 g/mol. The molecule has 3 atom stereocenters. The number of anilines is 1. The van der Waals surface area contributed by atoms with Gasteiger partial charge in [-0.15, -0.1) is 0 Å². The number of amides is 2. The molecule has 244 valence electrons. The fourth-order valence-electron chi connectivity index (χ4n) is 5.59. The zero-order valence-corrected chi connectivity index (χ0v) is 27.0. The summed E-state index contributed by atoms with van der Waals surface area (Å²) in [6.45, 7) is 5.04. The lowest BCUT2D eigenvalue weighted by molar-refractivity contribution is -0.131. The van der Waals surface area contributed by atoms with Crippen molar-refractivity contribution in [3.63, 3.8) is 0 Å². The van der Waals surface area contributed by atoms with E-state index in [1.165, 1.54) is 16.4 Å². The van der Waals surface area contributed by atoms with Crippen LogP contribution in [0.2, 0.25) is 0 Å². The van der Waals surface area contributed by atoms with Gasteiger partial charge in [0.15, 0.2) is 0 Å². The maximum Gasteiger partial charge on any atom is 0.243 e.